The molecule has 0 aliphatic rings. The molecule has 0 radical (unpaired) electrons. The first-order chi connectivity index (χ1) is 17.4. The normalized spacial score (nSPS) is 12.0. The average molecular weight is 505 g/mol. The van der Waals surface area contributed by atoms with Crippen LogP contribution in [0.1, 0.15) is 5.56 Å². The number of nitrogen functional groups attached to an aromatic ring is 1. The molecule has 36 heavy (non-hydrogen) atoms. The van der Waals surface area contributed by atoms with Gasteiger partial charge in [-0.1, -0.05) is 36.9 Å². The molecule has 0 saturated heterocycles. The van der Waals surface area contributed by atoms with Crippen molar-refractivity contribution in [2.75, 3.05) is 17.6 Å². The first-order valence-corrected chi connectivity index (χ1v) is 11.7. The fourth-order valence-electron chi connectivity index (χ4n) is 3.53. The zero-order valence-corrected chi connectivity index (χ0v) is 19.8. The molecular formula is C24H22N7O4S-. The lowest BCUT2D eigenvalue weighted by atomic mass is 10.1. The predicted molar refractivity (Wildman–Crippen MR) is 137 cm³/mol. The van der Waals surface area contributed by atoms with Crippen LogP contribution in [0.15, 0.2) is 73.7 Å². The minimum atomic E-state index is -2.51. The van der Waals surface area contributed by atoms with Gasteiger partial charge in [-0.3, -0.25) is 9.00 Å². The highest BCUT2D eigenvalue weighted by Crippen LogP contribution is 2.34. The molecule has 184 valence electrons. The summed E-state index contributed by atoms with van der Waals surface area (Å²) in [6, 6.07) is 13.8. The van der Waals surface area contributed by atoms with E-state index in [2.05, 4.69) is 27.0 Å². The number of rotatable bonds is 9. The van der Waals surface area contributed by atoms with Gasteiger partial charge < -0.3 is 25.0 Å². The average Bonchev–Trinajstić information content (AvgIpc) is 3.24. The summed E-state index contributed by atoms with van der Waals surface area (Å²) in [6.45, 7) is 3.64. The number of carbonyl (C=O) groups excluding carboxylic acids is 1. The van der Waals surface area contributed by atoms with Crippen molar-refractivity contribution in [1.82, 2.24) is 24.1 Å². The molecule has 0 saturated carbocycles. The molecule has 4 N–H and O–H groups in total. The minimum Gasteiger partial charge on any atom is -0.755 e. The van der Waals surface area contributed by atoms with Crippen molar-refractivity contribution in [3.8, 4) is 17.0 Å². The van der Waals surface area contributed by atoms with Crippen LogP contribution in [-0.2, 0) is 22.6 Å². The summed E-state index contributed by atoms with van der Waals surface area (Å²) in [5, 5.41) is 17.8. The van der Waals surface area contributed by atoms with Gasteiger partial charge in [0.15, 0.2) is 5.65 Å². The van der Waals surface area contributed by atoms with E-state index < -0.39 is 17.2 Å². The number of aromatic hydroxyl groups is 1. The molecule has 1 unspecified atom stereocenters. The second-order valence-corrected chi connectivity index (χ2v) is 8.48. The van der Waals surface area contributed by atoms with Crippen LogP contribution in [-0.4, -0.2) is 50.4 Å². The summed E-state index contributed by atoms with van der Waals surface area (Å²) >= 11 is -2.51. The molecule has 2 aromatic heterocycles. The zero-order valence-electron chi connectivity index (χ0n) is 18.9. The van der Waals surface area contributed by atoms with Gasteiger partial charge in [0.25, 0.3) is 0 Å². The quantitative estimate of drug-likeness (QED) is 0.231. The smallest absolute Gasteiger partial charge is 0.247 e. The molecule has 1 amide bonds. The van der Waals surface area contributed by atoms with Crippen LogP contribution >= 0.6 is 0 Å². The topological polar surface area (TPSA) is 162 Å². The van der Waals surface area contributed by atoms with E-state index in [1.54, 1.807) is 12.1 Å². The molecule has 2 heterocycles. The van der Waals surface area contributed by atoms with E-state index >= 15 is 0 Å². The number of aromatic nitrogens is 4. The van der Waals surface area contributed by atoms with Gasteiger partial charge in [-0.15, -0.1) is 0 Å². The third-order valence-corrected chi connectivity index (χ3v) is 5.85. The molecule has 0 bridgehead atoms. The number of nitrogens with one attached hydrogen (secondary N) is 1. The Labute approximate surface area is 209 Å². The molecule has 11 nitrogen and oxygen atoms in total. The Bertz CT molecular complexity index is 1470. The first-order valence-electron chi connectivity index (χ1n) is 10.7. The number of amides is 1. The van der Waals surface area contributed by atoms with Crippen LogP contribution in [0, 0.1) is 0 Å². The molecule has 0 fully saturated rings. The lowest BCUT2D eigenvalue weighted by molar-refractivity contribution is -0.111. The van der Waals surface area contributed by atoms with Gasteiger partial charge in [0.05, 0.1) is 11.9 Å². The molecule has 4 rings (SSSR count). The van der Waals surface area contributed by atoms with E-state index in [4.69, 9.17) is 5.73 Å². The van der Waals surface area contributed by atoms with Crippen molar-refractivity contribution in [2.45, 2.75) is 6.54 Å². The largest absolute Gasteiger partial charge is 0.755 e. The highest BCUT2D eigenvalue weighted by molar-refractivity contribution is 7.76. The maximum absolute atomic E-state index is 11.8. The fourth-order valence-corrected chi connectivity index (χ4v) is 3.92. The van der Waals surface area contributed by atoms with E-state index in [1.165, 1.54) is 29.3 Å². The summed E-state index contributed by atoms with van der Waals surface area (Å²) in [5.74, 6) is -0.391. The predicted octanol–water partition coefficient (Wildman–Crippen LogP) is 2.67. The standard InChI is InChI=1S/C24H23N7O4S/c1-2-20(33)28-18-12-17(13-19(32)14-18)22-21-23(25)26-15-27-24(21)31(29-22)11-10-30(36(34)35)9-8-16-6-4-3-5-7-16/h2-9,12-15,32H,1,10-11H2,(H,28,33)(H,34,35)(H2,25,26,27)/p-1. The number of benzene rings is 2. The molecule has 1 atom stereocenters. The summed E-state index contributed by atoms with van der Waals surface area (Å²) in [4.78, 5) is 20.1. The number of fused-ring (bicyclic) bond motifs is 1. The number of hydrogen-bond donors (Lipinski definition) is 3. The van der Waals surface area contributed by atoms with Crippen molar-refractivity contribution in [2.24, 2.45) is 0 Å². The van der Waals surface area contributed by atoms with Crippen LogP contribution in [0.25, 0.3) is 28.4 Å². The van der Waals surface area contributed by atoms with E-state index in [-0.39, 0.29) is 24.7 Å². The number of nitrogens with zero attached hydrogens (tertiary/aromatic N) is 5. The van der Waals surface area contributed by atoms with Gasteiger partial charge >= 0.3 is 0 Å². The van der Waals surface area contributed by atoms with Crippen molar-refractivity contribution in [1.29, 1.82) is 0 Å². The van der Waals surface area contributed by atoms with E-state index in [9.17, 15) is 18.7 Å². The van der Waals surface area contributed by atoms with Gasteiger partial charge in [-0.05, 0) is 29.8 Å². The molecular weight excluding hydrogens is 482 g/mol. The monoisotopic (exact) mass is 504 g/mol. The summed E-state index contributed by atoms with van der Waals surface area (Å²) in [7, 11) is 0. The number of phenolic OH excluding ortho intramolecular Hbond substituents is 1. The minimum absolute atomic E-state index is 0.0697. The second-order valence-electron chi connectivity index (χ2n) is 7.58. The number of nitrogens with two attached hydrogens (primary N) is 1. The SMILES string of the molecule is C=CC(=O)Nc1cc(O)cc(-c2nn(CCN(C=Cc3ccccc3)S(=O)[O-])c3ncnc(N)c23)c1. The summed E-state index contributed by atoms with van der Waals surface area (Å²) in [5.41, 5.74) is 8.51. The Morgan fingerprint density at radius 3 is 2.75 bits per heavy atom. The fraction of sp³-hybridized carbons (Fsp3) is 0.0833. The highest BCUT2D eigenvalue weighted by Gasteiger charge is 2.18. The number of hydrogen-bond acceptors (Lipinski definition) is 8. The van der Waals surface area contributed by atoms with E-state index in [1.807, 2.05) is 30.3 Å². The van der Waals surface area contributed by atoms with E-state index in [0.29, 0.717) is 28.0 Å². The van der Waals surface area contributed by atoms with Crippen LogP contribution in [0.2, 0.25) is 0 Å². The zero-order chi connectivity index (χ0) is 25.7. The highest BCUT2D eigenvalue weighted by atomic mass is 32.2. The third-order valence-electron chi connectivity index (χ3n) is 5.16. The summed E-state index contributed by atoms with van der Waals surface area (Å²) in [6.07, 6.45) is 5.56. The number of phenols is 1. The lowest BCUT2D eigenvalue weighted by Gasteiger charge is -2.22. The maximum atomic E-state index is 11.8. The van der Waals surface area contributed by atoms with Gasteiger partial charge in [0, 0.05) is 41.3 Å². The van der Waals surface area contributed by atoms with Crippen LogP contribution in [0.5, 0.6) is 5.75 Å². The van der Waals surface area contributed by atoms with Crippen molar-refractivity contribution >= 4 is 45.8 Å². The molecule has 0 aliphatic heterocycles. The van der Waals surface area contributed by atoms with Crippen molar-refractivity contribution in [3.05, 3.63) is 79.3 Å². The molecule has 0 spiro atoms. The molecule has 2 aromatic carbocycles. The first kappa shape index (κ1) is 24.6. The Kier molecular flexibility index (Phi) is 7.37. The molecule has 12 heteroatoms. The Hall–Kier alpha value is -4.55. The van der Waals surface area contributed by atoms with Gasteiger partial charge in [0.2, 0.25) is 5.91 Å². The van der Waals surface area contributed by atoms with Gasteiger partial charge in [-0.2, -0.15) is 5.10 Å². The van der Waals surface area contributed by atoms with Crippen LogP contribution in [0.3, 0.4) is 0 Å². The van der Waals surface area contributed by atoms with Crippen molar-refractivity contribution in [3.63, 3.8) is 0 Å². The molecule has 4 aromatic rings. The van der Waals surface area contributed by atoms with Crippen molar-refractivity contribution < 1.29 is 18.7 Å². The van der Waals surface area contributed by atoms with Crippen LogP contribution < -0.4 is 11.1 Å². The van der Waals surface area contributed by atoms with Crippen LogP contribution in [0.4, 0.5) is 11.5 Å². The lowest BCUT2D eigenvalue weighted by Crippen LogP contribution is -2.24. The Balaban J connectivity index is 1.67. The third kappa shape index (κ3) is 5.56. The Morgan fingerprint density at radius 2 is 2.03 bits per heavy atom. The maximum Gasteiger partial charge on any atom is 0.247 e. The van der Waals surface area contributed by atoms with E-state index in [0.717, 1.165) is 15.9 Å². The number of carbonyl (C=O) groups is 1. The summed E-state index contributed by atoms with van der Waals surface area (Å²) < 4.78 is 26.3. The van der Waals surface area contributed by atoms with Gasteiger partial charge in [0.1, 0.15) is 23.6 Å². The second kappa shape index (κ2) is 10.8. The van der Waals surface area contributed by atoms with Gasteiger partial charge in [-0.25, -0.2) is 14.6 Å². The Morgan fingerprint density at radius 1 is 1.25 bits per heavy atom. The number of anilines is 2. The molecule has 0 aliphatic carbocycles.